The second-order valence-electron chi connectivity index (χ2n) is 6.35. The Hall–Kier alpha value is -3.16. The van der Waals surface area contributed by atoms with Crippen LogP contribution in [0.5, 0.6) is 0 Å². The summed E-state index contributed by atoms with van der Waals surface area (Å²) in [6.45, 7) is 2.43. The molecule has 0 unspecified atom stereocenters. The Kier molecular flexibility index (Phi) is 3.52. The van der Waals surface area contributed by atoms with Crippen molar-refractivity contribution in [3.8, 4) is 0 Å². The van der Waals surface area contributed by atoms with Crippen LogP contribution in [0.2, 0.25) is 0 Å². The summed E-state index contributed by atoms with van der Waals surface area (Å²) in [6, 6.07) is 7.42. The van der Waals surface area contributed by atoms with Crippen molar-refractivity contribution < 1.29 is 9.59 Å². The van der Waals surface area contributed by atoms with Gasteiger partial charge in [0.15, 0.2) is 5.82 Å². The molecule has 8 heteroatoms. The van der Waals surface area contributed by atoms with Crippen molar-refractivity contribution in [3.05, 3.63) is 47.7 Å². The molecule has 0 aliphatic carbocycles. The number of benzene rings is 1. The summed E-state index contributed by atoms with van der Waals surface area (Å²) in [5.74, 6) is -0.160. The SMILES string of the molecule is Cc1nc([C@@H]2CN(C(=O)c3cccc4[nH]ccc34)C[C@H]2C(N)=O)n[nH]1. The van der Waals surface area contributed by atoms with Crippen LogP contribution in [0.15, 0.2) is 30.5 Å². The molecular weight excluding hydrogens is 320 g/mol. The molecule has 3 aromatic rings. The Morgan fingerprint density at radius 1 is 1.28 bits per heavy atom. The number of aromatic amines is 2. The van der Waals surface area contributed by atoms with Gasteiger partial charge in [-0.15, -0.1) is 0 Å². The largest absolute Gasteiger partial charge is 0.369 e. The van der Waals surface area contributed by atoms with E-state index in [2.05, 4.69) is 20.2 Å². The molecule has 128 valence electrons. The fraction of sp³-hybridized carbons (Fsp3) is 0.294. The Balaban J connectivity index is 1.66. The molecule has 4 N–H and O–H groups in total. The van der Waals surface area contributed by atoms with Gasteiger partial charge in [-0.1, -0.05) is 6.07 Å². The van der Waals surface area contributed by atoms with Crippen LogP contribution in [0.4, 0.5) is 0 Å². The highest BCUT2D eigenvalue weighted by Crippen LogP contribution is 2.32. The maximum Gasteiger partial charge on any atom is 0.254 e. The molecule has 1 aliphatic heterocycles. The van der Waals surface area contributed by atoms with Crippen LogP contribution in [0.25, 0.3) is 10.9 Å². The highest BCUT2D eigenvalue weighted by Gasteiger charge is 2.41. The molecule has 0 spiro atoms. The second-order valence-corrected chi connectivity index (χ2v) is 6.35. The zero-order valence-electron chi connectivity index (χ0n) is 13.7. The third kappa shape index (κ3) is 2.55. The van der Waals surface area contributed by atoms with E-state index in [0.29, 0.717) is 23.8 Å². The van der Waals surface area contributed by atoms with Crippen molar-refractivity contribution in [1.82, 2.24) is 25.1 Å². The minimum Gasteiger partial charge on any atom is -0.369 e. The summed E-state index contributed by atoms with van der Waals surface area (Å²) < 4.78 is 0. The lowest BCUT2D eigenvalue weighted by atomic mass is 9.95. The minimum atomic E-state index is -0.496. The van der Waals surface area contributed by atoms with Gasteiger partial charge in [0.05, 0.1) is 11.8 Å². The number of hydrogen-bond donors (Lipinski definition) is 3. The smallest absolute Gasteiger partial charge is 0.254 e. The number of hydrogen-bond acceptors (Lipinski definition) is 4. The fourth-order valence-electron chi connectivity index (χ4n) is 3.49. The summed E-state index contributed by atoms with van der Waals surface area (Å²) in [7, 11) is 0. The van der Waals surface area contributed by atoms with Crippen molar-refractivity contribution in [2.75, 3.05) is 13.1 Å². The fourth-order valence-corrected chi connectivity index (χ4v) is 3.49. The Bertz CT molecular complexity index is 959. The van der Waals surface area contributed by atoms with Crippen LogP contribution >= 0.6 is 0 Å². The minimum absolute atomic E-state index is 0.119. The number of carbonyl (C=O) groups is 2. The van der Waals surface area contributed by atoms with Crippen LogP contribution in [0.1, 0.15) is 27.9 Å². The quantitative estimate of drug-likeness (QED) is 0.658. The number of nitrogens with two attached hydrogens (primary N) is 1. The Labute approximate surface area is 143 Å². The van der Waals surface area contributed by atoms with Gasteiger partial charge in [0.25, 0.3) is 5.91 Å². The van der Waals surface area contributed by atoms with Gasteiger partial charge in [-0.25, -0.2) is 4.98 Å². The molecule has 2 aromatic heterocycles. The van der Waals surface area contributed by atoms with Crippen LogP contribution in [-0.2, 0) is 4.79 Å². The molecule has 0 radical (unpaired) electrons. The van der Waals surface area contributed by atoms with Crippen LogP contribution in [0.3, 0.4) is 0 Å². The van der Waals surface area contributed by atoms with Crippen molar-refractivity contribution in [2.24, 2.45) is 11.7 Å². The van der Waals surface area contributed by atoms with E-state index < -0.39 is 11.8 Å². The molecule has 3 heterocycles. The lowest BCUT2D eigenvalue weighted by molar-refractivity contribution is -0.121. The number of aryl methyl sites for hydroxylation is 1. The molecule has 1 aromatic carbocycles. The standard InChI is InChI=1S/C17H18N6O2/c1-9-20-16(22-21-9)13-8-23(7-12(13)15(18)24)17(25)11-3-2-4-14-10(11)5-6-19-14/h2-6,12-13,19H,7-8H2,1H3,(H2,18,24)(H,20,21,22)/t12-,13-/m1/s1. The number of fused-ring (bicyclic) bond motifs is 1. The molecule has 1 fully saturated rings. The average molecular weight is 338 g/mol. The molecular formula is C17H18N6O2. The van der Waals surface area contributed by atoms with E-state index in [-0.39, 0.29) is 18.4 Å². The van der Waals surface area contributed by atoms with E-state index in [9.17, 15) is 9.59 Å². The van der Waals surface area contributed by atoms with Crippen LogP contribution in [0, 0.1) is 12.8 Å². The summed E-state index contributed by atoms with van der Waals surface area (Å²) in [4.78, 5) is 34.0. The number of primary amides is 1. The van der Waals surface area contributed by atoms with Crippen molar-refractivity contribution in [1.29, 1.82) is 0 Å². The topological polar surface area (TPSA) is 121 Å². The lowest BCUT2D eigenvalue weighted by Gasteiger charge is -2.16. The number of nitrogens with zero attached hydrogens (tertiary/aromatic N) is 3. The summed E-state index contributed by atoms with van der Waals surface area (Å²) >= 11 is 0. The number of likely N-dealkylation sites (tertiary alicyclic amines) is 1. The molecule has 2 atom stereocenters. The van der Waals surface area contributed by atoms with Gasteiger partial charge in [-0.05, 0) is 25.1 Å². The van der Waals surface area contributed by atoms with Gasteiger partial charge in [0.1, 0.15) is 5.82 Å². The van der Waals surface area contributed by atoms with E-state index in [0.717, 1.165) is 10.9 Å². The summed E-state index contributed by atoms with van der Waals surface area (Å²) in [5, 5.41) is 7.79. The predicted octanol–water partition coefficient (Wildman–Crippen LogP) is 0.936. The number of carbonyl (C=O) groups excluding carboxylic acids is 2. The maximum atomic E-state index is 13.0. The predicted molar refractivity (Wildman–Crippen MR) is 90.7 cm³/mol. The molecule has 2 amide bonds. The summed E-state index contributed by atoms with van der Waals surface area (Å²) in [5.41, 5.74) is 7.07. The number of nitrogens with one attached hydrogen (secondary N) is 2. The zero-order valence-corrected chi connectivity index (χ0v) is 13.7. The molecule has 4 rings (SSSR count). The van der Waals surface area contributed by atoms with E-state index in [1.165, 1.54) is 0 Å². The second kappa shape index (κ2) is 5.73. The normalized spacial score (nSPS) is 20.3. The lowest BCUT2D eigenvalue weighted by Crippen LogP contribution is -2.32. The third-order valence-electron chi connectivity index (χ3n) is 4.74. The molecule has 25 heavy (non-hydrogen) atoms. The first-order valence-corrected chi connectivity index (χ1v) is 8.08. The maximum absolute atomic E-state index is 13.0. The molecule has 0 saturated carbocycles. The molecule has 8 nitrogen and oxygen atoms in total. The average Bonchev–Trinajstić information content (AvgIpc) is 3.31. The Morgan fingerprint density at radius 2 is 2.12 bits per heavy atom. The molecule has 0 bridgehead atoms. The van der Waals surface area contributed by atoms with E-state index in [4.69, 9.17) is 5.73 Å². The molecule has 1 saturated heterocycles. The number of H-pyrrole nitrogens is 2. The van der Waals surface area contributed by atoms with Gasteiger partial charge in [0.2, 0.25) is 5.91 Å². The summed E-state index contributed by atoms with van der Waals surface area (Å²) in [6.07, 6.45) is 1.80. The van der Waals surface area contributed by atoms with Gasteiger partial charge in [0, 0.05) is 35.8 Å². The first kappa shape index (κ1) is 15.4. The van der Waals surface area contributed by atoms with Crippen molar-refractivity contribution >= 4 is 22.7 Å². The first-order valence-electron chi connectivity index (χ1n) is 8.08. The van der Waals surface area contributed by atoms with Gasteiger partial charge >= 0.3 is 0 Å². The monoisotopic (exact) mass is 338 g/mol. The van der Waals surface area contributed by atoms with E-state index >= 15 is 0 Å². The van der Waals surface area contributed by atoms with Crippen LogP contribution < -0.4 is 5.73 Å². The number of rotatable bonds is 3. The van der Waals surface area contributed by atoms with Gasteiger partial charge in [-0.2, -0.15) is 5.10 Å². The van der Waals surface area contributed by atoms with E-state index in [1.807, 2.05) is 18.2 Å². The Morgan fingerprint density at radius 3 is 2.84 bits per heavy atom. The highest BCUT2D eigenvalue weighted by atomic mass is 16.2. The third-order valence-corrected chi connectivity index (χ3v) is 4.74. The molecule has 1 aliphatic rings. The highest BCUT2D eigenvalue weighted by molar-refractivity contribution is 6.06. The number of aromatic nitrogens is 4. The first-order chi connectivity index (χ1) is 12.0. The van der Waals surface area contributed by atoms with Gasteiger partial charge in [-0.3, -0.25) is 14.7 Å². The number of amides is 2. The van der Waals surface area contributed by atoms with Crippen molar-refractivity contribution in [3.63, 3.8) is 0 Å². The van der Waals surface area contributed by atoms with Crippen molar-refractivity contribution in [2.45, 2.75) is 12.8 Å². The van der Waals surface area contributed by atoms with Crippen LogP contribution in [-0.4, -0.2) is 50.0 Å². The zero-order chi connectivity index (χ0) is 17.6. The van der Waals surface area contributed by atoms with Gasteiger partial charge < -0.3 is 15.6 Å². The van der Waals surface area contributed by atoms with E-state index in [1.54, 1.807) is 24.1 Å².